The third kappa shape index (κ3) is 1.58. The molecule has 2 atom stereocenters. The van der Waals surface area contributed by atoms with E-state index < -0.39 is 0 Å². The molecule has 2 rings (SSSR count). The third-order valence-corrected chi connectivity index (χ3v) is 2.99. The van der Waals surface area contributed by atoms with Crippen LogP contribution in [0, 0.1) is 0 Å². The van der Waals surface area contributed by atoms with E-state index in [-0.39, 0.29) is 12.1 Å². The van der Waals surface area contributed by atoms with Crippen molar-refractivity contribution in [3.63, 3.8) is 0 Å². The van der Waals surface area contributed by atoms with E-state index in [9.17, 15) is 0 Å². The van der Waals surface area contributed by atoms with Gasteiger partial charge in [-0.25, -0.2) is 0 Å². The summed E-state index contributed by atoms with van der Waals surface area (Å²) in [6.07, 6.45) is 1.10. The number of halogens is 1. The van der Waals surface area contributed by atoms with Crippen LogP contribution < -0.4 is 10.5 Å². The summed E-state index contributed by atoms with van der Waals surface area (Å²) in [7, 11) is 0. The molecule has 1 aromatic carbocycles. The van der Waals surface area contributed by atoms with Gasteiger partial charge in [0.25, 0.3) is 0 Å². The molecule has 0 aliphatic carbocycles. The lowest BCUT2D eigenvalue weighted by molar-refractivity contribution is 0.176. The summed E-state index contributed by atoms with van der Waals surface area (Å²) in [6, 6.07) is 6.02. The summed E-state index contributed by atoms with van der Waals surface area (Å²) in [5, 5.41) is 0. The number of ether oxygens (including phenoxy) is 1. The van der Waals surface area contributed by atoms with E-state index in [1.54, 1.807) is 0 Å². The van der Waals surface area contributed by atoms with Crippen molar-refractivity contribution >= 4 is 15.9 Å². The zero-order valence-corrected chi connectivity index (χ0v) is 9.04. The van der Waals surface area contributed by atoms with Crippen LogP contribution in [0.5, 0.6) is 5.75 Å². The molecule has 0 bridgehead atoms. The van der Waals surface area contributed by atoms with Crippen LogP contribution in [0.3, 0.4) is 0 Å². The maximum Gasteiger partial charge on any atom is 0.125 e. The molecule has 3 heteroatoms. The van der Waals surface area contributed by atoms with Crippen molar-refractivity contribution in [2.45, 2.75) is 25.5 Å². The van der Waals surface area contributed by atoms with Gasteiger partial charge >= 0.3 is 0 Å². The monoisotopic (exact) mass is 241 g/mol. The van der Waals surface area contributed by atoms with Crippen molar-refractivity contribution in [2.75, 3.05) is 0 Å². The molecule has 1 aromatic rings. The Balaban J connectivity index is 2.49. The molecule has 0 aromatic heterocycles. The minimum atomic E-state index is 0.0920. The molecule has 0 saturated heterocycles. The maximum absolute atomic E-state index is 6.03. The molecular formula is C10H12BrNO. The van der Waals surface area contributed by atoms with Crippen LogP contribution in [0.15, 0.2) is 22.7 Å². The second kappa shape index (κ2) is 3.31. The maximum atomic E-state index is 6.03. The van der Waals surface area contributed by atoms with Crippen LogP contribution in [-0.2, 0) is 0 Å². The minimum absolute atomic E-state index is 0.0920. The van der Waals surface area contributed by atoms with E-state index in [0.29, 0.717) is 0 Å². The van der Waals surface area contributed by atoms with Crippen LogP contribution in [-0.4, -0.2) is 6.10 Å². The van der Waals surface area contributed by atoms with E-state index in [4.69, 9.17) is 10.5 Å². The van der Waals surface area contributed by atoms with Crippen molar-refractivity contribution in [1.29, 1.82) is 0 Å². The molecule has 2 N–H and O–H groups in total. The first kappa shape index (κ1) is 9.03. The minimum Gasteiger partial charge on any atom is -0.490 e. The summed E-state index contributed by atoms with van der Waals surface area (Å²) < 4.78 is 6.72. The van der Waals surface area contributed by atoms with Gasteiger partial charge in [0, 0.05) is 22.5 Å². The SMILES string of the molecule is CC1CC(N)c2c(Br)cccc2O1. The van der Waals surface area contributed by atoms with E-state index in [0.717, 1.165) is 22.2 Å². The lowest BCUT2D eigenvalue weighted by Gasteiger charge is -2.28. The Morgan fingerprint density at radius 3 is 3.08 bits per heavy atom. The number of hydrogen-bond donors (Lipinski definition) is 1. The Morgan fingerprint density at radius 1 is 1.54 bits per heavy atom. The standard InChI is InChI=1S/C10H12BrNO/c1-6-5-8(12)10-7(11)3-2-4-9(10)13-6/h2-4,6,8H,5,12H2,1H3. The van der Waals surface area contributed by atoms with Crippen LogP contribution >= 0.6 is 15.9 Å². The van der Waals surface area contributed by atoms with Gasteiger partial charge in [-0.05, 0) is 19.1 Å². The number of rotatable bonds is 0. The van der Waals surface area contributed by atoms with E-state index in [1.165, 1.54) is 0 Å². The van der Waals surface area contributed by atoms with E-state index >= 15 is 0 Å². The number of fused-ring (bicyclic) bond motifs is 1. The smallest absolute Gasteiger partial charge is 0.125 e. The molecule has 1 aliphatic heterocycles. The molecule has 1 aliphatic rings. The van der Waals surface area contributed by atoms with Gasteiger partial charge in [-0.2, -0.15) is 0 Å². The van der Waals surface area contributed by atoms with Crippen molar-refractivity contribution in [2.24, 2.45) is 5.73 Å². The lowest BCUT2D eigenvalue weighted by atomic mass is 9.98. The predicted molar refractivity (Wildman–Crippen MR) is 55.8 cm³/mol. The molecule has 0 radical (unpaired) electrons. The quantitative estimate of drug-likeness (QED) is 0.758. The van der Waals surface area contributed by atoms with Gasteiger partial charge in [0.2, 0.25) is 0 Å². The van der Waals surface area contributed by atoms with Crippen LogP contribution in [0.1, 0.15) is 24.9 Å². The molecular weight excluding hydrogens is 230 g/mol. The Morgan fingerprint density at radius 2 is 2.31 bits per heavy atom. The van der Waals surface area contributed by atoms with Gasteiger partial charge in [-0.15, -0.1) is 0 Å². The van der Waals surface area contributed by atoms with Crippen LogP contribution in [0.25, 0.3) is 0 Å². The van der Waals surface area contributed by atoms with Crippen molar-refractivity contribution in [1.82, 2.24) is 0 Å². The highest BCUT2D eigenvalue weighted by atomic mass is 79.9. The molecule has 1 heterocycles. The molecule has 2 nitrogen and oxygen atoms in total. The van der Waals surface area contributed by atoms with E-state index in [1.807, 2.05) is 25.1 Å². The second-order valence-electron chi connectivity index (χ2n) is 3.42. The normalized spacial score (nSPS) is 26.4. The predicted octanol–water partition coefficient (Wildman–Crippen LogP) is 2.62. The lowest BCUT2D eigenvalue weighted by Crippen LogP contribution is -2.27. The molecule has 0 amide bonds. The highest BCUT2D eigenvalue weighted by Crippen LogP contribution is 2.37. The Hall–Kier alpha value is -0.540. The van der Waals surface area contributed by atoms with Crippen LogP contribution in [0.2, 0.25) is 0 Å². The fourth-order valence-electron chi connectivity index (χ4n) is 1.72. The second-order valence-corrected chi connectivity index (χ2v) is 4.28. The average molecular weight is 242 g/mol. The van der Waals surface area contributed by atoms with Gasteiger partial charge in [-0.3, -0.25) is 0 Å². The zero-order valence-electron chi connectivity index (χ0n) is 7.46. The highest BCUT2D eigenvalue weighted by Gasteiger charge is 2.24. The molecule has 70 valence electrons. The molecule has 0 saturated carbocycles. The first-order chi connectivity index (χ1) is 6.18. The molecule has 0 spiro atoms. The van der Waals surface area contributed by atoms with Crippen molar-refractivity contribution in [3.8, 4) is 5.75 Å². The van der Waals surface area contributed by atoms with Gasteiger partial charge in [0.05, 0.1) is 6.10 Å². The highest BCUT2D eigenvalue weighted by molar-refractivity contribution is 9.10. The third-order valence-electron chi connectivity index (χ3n) is 2.30. The first-order valence-electron chi connectivity index (χ1n) is 4.39. The zero-order chi connectivity index (χ0) is 9.42. The number of hydrogen-bond acceptors (Lipinski definition) is 2. The number of benzene rings is 1. The Labute approximate surface area is 86.2 Å². The fourth-order valence-corrected chi connectivity index (χ4v) is 2.36. The van der Waals surface area contributed by atoms with Gasteiger partial charge in [-0.1, -0.05) is 22.0 Å². The summed E-state index contributed by atoms with van der Waals surface area (Å²) in [5.74, 6) is 0.917. The number of nitrogens with two attached hydrogens (primary N) is 1. The Bertz CT molecular complexity index is 327. The van der Waals surface area contributed by atoms with Gasteiger partial charge in [0.1, 0.15) is 5.75 Å². The van der Waals surface area contributed by atoms with Crippen molar-refractivity contribution in [3.05, 3.63) is 28.2 Å². The summed E-state index contributed by atoms with van der Waals surface area (Å²) >= 11 is 3.48. The summed E-state index contributed by atoms with van der Waals surface area (Å²) in [6.45, 7) is 2.05. The average Bonchev–Trinajstić information content (AvgIpc) is 2.02. The van der Waals surface area contributed by atoms with Crippen molar-refractivity contribution < 1.29 is 4.74 Å². The molecule has 0 fully saturated rings. The van der Waals surface area contributed by atoms with Gasteiger partial charge < -0.3 is 10.5 Å². The largest absolute Gasteiger partial charge is 0.490 e. The molecule has 13 heavy (non-hydrogen) atoms. The van der Waals surface area contributed by atoms with Crippen LogP contribution in [0.4, 0.5) is 0 Å². The summed E-state index contributed by atoms with van der Waals surface area (Å²) in [4.78, 5) is 0. The fraction of sp³-hybridized carbons (Fsp3) is 0.400. The van der Waals surface area contributed by atoms with E-state index in [2.05, 4.69) is 15.9 Å². The molecule has 2 unspecified atom stereocenters. The topological polar surface area (TPSA) is 35.2 Å². The van der Waals surface area contributed by atoms with Gasteiger partial charge in [0.15, 0.2) is 0 Å². The first-order valence-corrected chi connectivity index (χ1v) is 5.18. The summed E-state index contributed by atoms with van der Waals surface area (Å²) in [5.41, 5.74) is 7.13. The Kier molecular flexibility index (Phi) is 2.30.